The summed E-state index contributed by atoms with van der Waals surface area (Å²) in [6.07, 6.45) is 3.79. The molecule has 0 fully saturated rings. The zero-order valence-electron chi connectivity index (χ0n) is 11.2. The Labute approximate surface area is 124 Å². The third-order valence-electron chi connectivity index (χ3n) is 3.67. The van der Waals surface area contributed by atoms with Gasteiger partial charge in [0.15, 0.2) is 0 Å². The molecule has 0 aromatic heterocycles. The number of hydrogen-bond donors (Lipinski definition) is 3. The summed E-state index contributed by atoms with van der Waals surface area (Å²) in [4.78, 5) is 2.31. The van der Waals surface area contributed by atoms with E-state index in [0.29, 0.717) is 24.9 Å². The molecule has 20 heavy (non-hydrogen) atoms. The molecule has 1 aromatic rings. The van der Waals surface area contributed by atoms with Crippen LogP contribution in [-0.4, -0.2) is 35.9 Å². The van der Waals surface area contributed by atoms with Crippen LogP contribution < -0.4 is 15.8 Å². The van der Waals surface area contributed by atoms with Gasteiger partial charge < -0.3 is 25.8 Å². The normalized spacial score (nSPS) is 20.4. The number of benzene rings is 1. The third kappa shape index (κ3) is 2.78. The number of rotatable bonds is 3. The topological polar surface area (TPSA) is 70.8 Å². The Kier molecular flexibility index (Phi) is 4.62. The first-order valence-corrected chi connectivity index (χ1v) is 6.62. The second-order valence-electron chi connectivity index (χ2n) is 4.97. The molecule has 0 unspecified atom stereocenters. The van der Waals surface area contributed by atoms with Crippen molar-refractivity contribution in [3.8, 4) is 11.5 Å². The van der Waals surface area contributed by atoms with Crippen molar-refractivity contribution in [2.45, 2.75) is 18.9 Å². The summed E-state index contributed by atoms with van der Waals surface area (Å²) in [7, 11) is 0. The largest absolute Gasteiger partial charge is 0.508 e. The second kappa shape index (κ2) is 6.24. The smallest absolute Gasteiger partial charge is 0.122 e. The van der Waals surface area contributed by atoms with E-state index >= 15 is 0 Å². The Bertz CT molecular complexity index is 507. The molecule has 2 aliphatic rings. The number of hydrogen-bond acceptors (Lipinski definition) is 5. The van der Waals surface area contributed by atoms with Crippen LogP contribution in [0.2, 0.25) is 0 Å². The standard InChI is InChI=1S/C14H19N3O2.ClH/c15-4-3-11-7-16-9-17(11)12-5-10-6-13(18)1-2-14(10)19-8-12;/h1-2,6-7,12,16,18H,3-5,8-9,15H2;1H/t12-;/m1./s1. The van der Waals surface area contributed by atoms with Crippen molar-refractivity contribution >= 4 is 12.4 Å². The van der Waals surface area contributed by atoms with Crippen LogP contribution >= 0.6 is 12.4 Å². The van der Waals surface area contributed by atoms with Gasteiger partial charge in [-0.25, -0.2) is 0 Å². The lowest BCUT2D eigenvalue weighted by molar-refractivity contribution is 0.151. The van der Waals surface area contributed by atoms with Gasteiger partial charge in [-0.3, -0.25) is 0 Å². The van der Waals surface area contributed by atoms with Crippen molar-refractivity contribution in [1.29, 1.82) is 0 Å². The number of halogens is 1. The molecule has 0 saturated heterocycles. The van der Waals surface area contributed by atoms with Crippen molar-refractivity contribution in [2.24, 2.45) is 5.73 Å². The van der Waals surface area contributed by atoms with E-state index in [1.165, 1.54) is 5.70 Å². The number of nitrogens with one attached hydrogen (secondary N) is 1. The first kappa shape index (κ1) is 14.8. The monoisotopic (exact) mass is 297 g/mol. The molecule has 2 aliphatic heterocycles. The van der Waals surface area contributed by atoms with Gasteiger partial charge in [-0.05, 0) is 36.7 Å². The molecule has 2 heterocycles. The maximum atomic E-state index is 9.57. The fourth-order valence-corrected chi connectivity index (χ4v) is 2.74. The van der Waals surface area contributed by atoms with Crippen LogP contribution in [0.4, 0.5) is 0 Å². The van der Waals surface area contributed by atoms with Crippen LogP contribution in [0.25, 0.3) is 0 Å². The molecule has 0 spiro atoms. The molecule has 6 heteroatoms. The van der Waals surface area contributed by atoms with Crippen molar-refractivity contribution in [3.05, 3.63) is 35.7 Å². The minimum Gasteiger partial charge on any atom is -0.508 e. The molecular formula is C14H20ClN3O2. The predicted octanol–water partition coefficient (Wildman–Crippen LogP) is 1.17. The minimum atomic E-state index is 0. The Morgan fingerprint density at radius 2 is 2.30 bits per heavy atom. The molecule has 5 nitrogen and oxygen atoms in total. The molecule has 0 saturated carbocycles. The lowest BCUT2D eigenvalue weighted by atomic mass is 10.0. The maximum absolute atomic E-state index is 9.57. The molecular weight excluding hydrogens is 278 g/mol. The number of ether oxygens (including phenoxy) is 1. The summed E-state index contributed by atoms with van der Waals surface area (Å²) in [6, 6.07) is 5.58. The van der Waals surface area contributed by atoms with E-state index in [1.807, 2.05) is 12.3 Å². The molecule has 1 atom stereocenters. The van der Waals surface area contributed by atoms with E-state index in [4.69, 9.17) is 10.5 Å². The summed E-state index contributed by atoms with van der Waals surface area (Å²) in [6.45, 7) is 2.12. The number of phenolic OH excluding ortho intramolecular Hbond substituents is 1. The van der Waals surface area contributed by atoms with Crippen molar-refractivity contribution < 1.29 is 9.84 Å². The molecule has 0 radical (unpaired) electrons. The molecule has 3 rings (SSSR count). The summed E-state index contributed by atoms with van der Waals surface area (Å²) in [5, 5.41) is 12.8. The van der Waals surface area contributed by atoms with Crippen LogP contribution in [-0.2, 0) is 6.42 Å². The van der Waals surface area contributed by atoms with Gasteiger partial charge >= 0.3 is 0 Å². The molecule has 0 aliphatic carbocycles. The highest BCUT2D eigenvalue weighted by Gasteiger charge is 2.28. The van der Waals surface area contributed by atoms with Gasteiger partial charge in [0.25, 0.3) is 0 Å². The van der Waals surface area contributed by atoms with Crippen LogP contribution in [0.3, 0.4) is 0 Å². The molecule has 0 amide bonds. The number of phenols is 1. The Balaban J connectivity index is 0.00000147. The van der Waals surface area contributed by atoms with Gasteiger partial charge in [-0.15, -0.1) is 12.4 Å². The van der Waals surface area contributed by atoms with Crippen LogP contribution in [0.15, 0.2) is 30.1 Å². The summed E-state index contributed by atoms with van der Waals surface area (Å²) >= 11 is 0. The zero-order valence-corrected chi connectivity index (χ0v) is 12.0. The van der Waals surface area contributed by atoms with E-state index < -0.39 is 0 Å². The summed E-state index contributed by atoms with van der Waals surface area (Å²) in [5.74, 6) is 1.17. The predicted molar refractivity (Wildman–Crippen MR) is 79.9 cm³/mol. The van der Waals surface area contributed by atoms with E-state index in [2.05, 4.69) is 10.2 Å². The minimum absolute atomic E-state index is 0. The lowest BCUT2D eigenvalue weighted by Gasteiger charge is -2.34. The maximum Gasteiger partial charge on any atom is 0.122 e. The van der Waals surface area contributed by atoms with E-state index in [1.54, 1.807) is 12.1 Å². The van der Waals surface area contributed by atoms with Gasteiger partial charge in [-0.1, -0.05) is 0 Å². The Morgan fingerprint density at radius 1 is 1.45 bits per heavy atom. The van der Waals surface area contributed by atoms with Crippen LogP contribution in [0.1, 0.15) is 12.0 Å². The highest BCUT2D eigenvalue weighted by Crippen LogP contribution is 2.31. The average Bonchev–Trinajstić information content (AvgIpc) is 2.86. The quantitative estimate of drug-likeness (QED) is 0.781. The highest BCUT2D eigenvalue weighted by atomic mass is 35.5. The van der Waals surface area contributed by atoms with Gasteiger partial charge in [0.1, 0.15) is 18.1 Å². The zero-order chi connectivity index (χ0) is 13.2. The lowest BCUT2D eigenvalue weighted by Crippen LogP contribution is -2.43. The van der Waals surface area contributed by atoms with Gasteiger partial charge in [0, 0.05) is 18.3 Å². The van der Waals surface area contributed by atoms with E-state index in [9.17, 15) is 5.11 Å². The van der Waals surface area contributed by atoms with E-state index in [0.717, 1.165) is 30.8 Å². The Morgan fingerprint density at radius 3 is 3.10 bits per heavy atom. The van der Waals surface area contributed by atoms with Crippen LogP contribution in [0.5, 0.6) is 11.5 Å². The van der Waals surface area contributed by atoms with Gasteiger partial charge in [0.2, 0.25) is 0 Å². The fraction of sp³-hybridized carbons (Fsp3) is 0.429. The first-order valence-electron chi connectivity index (χ1n) is 6.62. The third-order valence-corrected chi connectivity index (χ3v) is 3.67. The molecule has 110 valence electrons. The number of nitrogens with zero attached hydrogens (tertiary/aromatic N) is 1. The van der Waals surface area contributed by atoms with Gasteiger partial charge in [-0.2, -0.15) is 0 Å². The van der Waals surface area contributed by atoms with Gasteiger partial charge in [0.05, 0.1) is 12.7 Å². The SMILES string of the molecule is Cl.NCCC1=CNCN1[C@H]1COc2ccc(O)cc2C1. The van der Waals surface area contributed by atoms with E-state index in [-0.39, 0.29) is 12.4 Å². The first-order chi connectivity index (χ1) is 9.28. The van der Waals surface area contributed by atoms with Crippen LogP contribution in [0, 0.1) is 0 Å². The molecule has 1 aromatic carbocycles. The summed E-state index contributed by atoms with van der Waals surface area (Å²) < 4.78 is 5.79. The molecule has 0 bridgehead atoms. The number of nitrogens with two attached hydrogens (primary N) is 1. The summed E-state index contributed by atoms with van der Waals surface area (Å²) in [5.41, 5.74) is 7.94. The number of fused-ring (bicyclic) bond motifs is 1. The molecule has 4 N–H and O–H groups in total. The fourth-order valence-electron chi connectivity index (χ4n) is 2.74. The van der Waals surface area contributed by atoms with Crippen molar-refractivity contribution in [3.63, 3.8) is 0 Å². The van der Waals surface area contributed by atoms with Crippen molar-refractivity contribution in [1.82, 2.24) is 10.2 Å². The Hall–Kier alpha value is -1.59. The average molecular weight is 298 g/mol. The highest BCUT2D eigenvalue weighted by molar-refractivity contribution is 5.85. The van der Waals surface area contributed by atoms with Crippen molar-refractivity contribution in [2.75, 3.05) is 19.8 Å². The number of aromatic hydroxyl groups is 1. The second-order valence-corrected chi connectivity index (χ2v) is 4.97.